The number of amides is 2. The van der Waals surface area contributed by atoms with Crippen molar-refractivity contribution in [3.8, 4) is 34.4 Å². The van der Waals surface area contributed by atoms with Crippen molar-refractivity contribution >= 4 is 11.8 Å². The number of carbonyl (C=O) groups excluding carboxylic acids is 2. The molecular weight excluding hydrogens is 432 g/mol. The Balaban J connectivity index is 1.53. The summed E-state index contributed by atoms with van der Waals surface area (Å²) in [7, 11) is 6.05. The third kappa shape index (κ3) is 5.50. The van der Waals surface area contributed by atoms with E-state index in [0.29, 0.717) is 34.1 Å². The van der Waals surface area contributed by atoms with Crippen molar-refractivity contribution in [1.82, 2.24) is 20.8 Å². The highest BCUT2D eigenvalue weighted by molar-refractivity contribution is 5.95. The second-order valence-corrected chi connectivity index (χ2v) is 6.57. The molecule has 33 heavy (non-hydrogen) atoms. The van der Waals surface area contributed by atoms with Crippen molar-refractivity contribution in [1.29, 1.82) is 0 Å². The molecule has 0 bridgehead atoms. The van der Waals surface area contributed by atoms with Crippen molar-refractivity contribution in [2.45, 2.75) is 0 Å². The average Bonchev–Trinajstić information content (AvgIpc) is 3.36. The molecule has 1 heterocycles. The Bertz CT molecular complexity index is 1130. The summed E-state index contributed by atoms with van der Waals surface area (Å²) in [5, 5.41) is 9.15. The molecule has 0 aliphatic heterocycles. The minimum absolute atomic E-state index is 0.159. The van der Waals surface area contributed by atoms with Crippen LogP contribution in [0.5, 0.6) is 23.0 Å². The predicted octanol–water partition coefficient (Wildman–Crippen LogP) is 1.93. The van der Waals surface area contributed by atoms with Gasteiger partial charge in [-0.1, -0.05) is 5.16 Å². The highest BCUT2D eigenvalue weighted by Gasteiger charge is 2.17. The van der Waals surface area contributed by atoms with Gasteiger partial charge in [0, 0.05) is 24.2 Å². The fourth-order valence-corrected chi connectivity index (χ4v) is 2.92. The molecule has 0 atom stereocenters. The van der Waals surface area contributed by atoms with Gasteiger partial charge in [-0.05, 0) is 36.4 Å². The summed E-state index contributed by atoms with van der Waals surface area (Å²) in [6.07, 6.45) is 0. The van der Waals surface area contributed by atoms with Gasteiger partial charge < -0.3 is 34.1 Å². The number of aromatic nitrogens is 2. The molecule has 0 radical (unpaired) electrons. The Labute approximate surface area is 190 Å². The lowest BCUT2D eigenvalue weighted by molar-refractivity contribution is 0.0898. The number of nitrogens with zero attached hydrogens (tertiary/aromatic N) is 2. The normalized spacial score (nSPS) is 10.3. The first kappa shape index (κ1) is 23.4. The lowest BCUT2D eigenvalue weighted by Gasteiger charge is -2.10. The van der Waals surface area contributed by atoms with E-state index in [1.54, 1.807) is 36.4 Å². The Morgan fingerprint density at radius 3 is 2.00 bits per heavy atom. The summed E-state index contributed by atoms with van der Waals surface area (Å²) in [6.45, 7) is 0.349. The van der Waals surface area contributed by atoms with Crippen LogP contribution in [-0.4, -0.2) is 63.5 Å². The highest BCUT2D eigenvalue weighted by Crippen LogP contribution is 2.31. The third-order valence-electron chi connectivity index (χ3n) is 4.60. The van der Waals surface area contributed by atoms with E-state index in [2.05, 4.69) is 20.8 Å². The SMILES string of the molecule is COc1ccc(C(=O)NCCNC(=O)c2nc(-c3ccc(OC)c(OC)c3)no2)cc1OC. The van der Waals surface area contributed by atoms with Gasteiger partial charge in [0.1, 0.15) is 0 Å². The van der Waals surface area contributed by atoms with E-state index in [1.165, 1.54) is 28.4 Å². The number of ether oxygens (including phenoxy) is 4. The molecule has 2 aromatic carbocycles. The zero-order chi connectivity index (χ0) is 23.8. The molecule has 0 saturated heterocycles. The molecule has 0 aliphatic rings. The number of benzene rings is 2. The van der Waals surface area contributed by atoms with Crippen LogP contribution in [0.1, 0.15) is 21.0 Å². The molecule has 11 nitrogen and oxygen atoms in total. The highest BCUT2D eigenvalue weighted by atomic mass is 16.5. The molecule has 0 unspecified atom stereocenters. The monoisotopic (exact) mass is 456 g/mol. The van der Waals surface area contributed by atoms with Crippen LogP contribution in [0.2, 0.25) is 0 Å². The van der Waals surface area contributed by atoms with Gasteiger partial charge in [0.15, 0.2) is 23.0 Å². The first-order chi connectivity index (χ1) is 16.0. The van der Waals surface area contributed by atoms with Gasteiger partial charge in [0.05, 0.1) is 28.4 Å². The van der Waals surface area contributed by atoms with Gasteiger partial charge in [-0.15, -0.1) is 0 Å². The maximum atomic E-state index is 12.3. The van der Waals surface area contributed by atoms with E-state index in [-0.39, 0.29) is 30.7 Å². The van der Waals surface area contributed by atoms with Crippen LogP contribution < -0.4 is 29.6 Å². The van der Waals surface area contributed by atoms with Crippen LogP contribution in [0.4, 0.5) is 0 Å². The minimum atomic E-state index is -0.561. The minimum Gasteiger partial charge on any atom is -0.493 e. The zero-order valence-corrected chi connectivity index (χ0v) is 18.6. The van der Waals surface area contributed by atoms with Gasteiger partial charge >= 0.3 is 11.8 Å². The van der Waals surface area contributed by atoms with Crippen molar-refractivity contribution in [2.75, 3.05) is 41.5 Å². The lowest BCUT2D eigenvalue weighted by atomic mass is 10.2. The smallest absolute Gasteiger partial charge is 0.316 e. The summed E-state index contributed by atoms with van der Waals surface area (Å²) < 4.78 is 25.8. The van der Waals surface area contributed by atoms with Crippen molar-refractivity contribution in [2.24, 2.45) is 0 Å². The second kappa shape index (κ2) is 10.8. The van der Waals surface area contributed by atoms with E-state index >= 15 is 0 Å². The van der Waals surface area contributed by atoms with Crippen LogP contribution in [0.15, 0.2) is 40.9 Å². The molecule has 0 saturated carbocycles. The molecule has 1 aromatic heterocycles. The summed E-state index contributed by atoms with van der Waals surface area (Å²) in [5.41, 5.74) is 0.994. The lowest BCUT2D eigenvalue weighted by Crippen LogP contribution is -2.34. The first-order valence-electron chi connectivity index (χ1n) is 9.85. The zero-order valence-electron chi connectivity index (χ0n) is 18.6. The van der Waals surface area contributed by atoms with Gasteiger partial charge in [-0.2, -0.15) is 4.98 Å². The number of carbonyl (C=O) groups is 2. The Morgan fingerprint density at radius 2 is 1.36 bits per heavy atom. The summed E-state index contributed by atoms with van der Waals surface area (Å²) in [6, 6.07) is 9.92. The van der Waals surface area contributed by atoms with E-state index in [4.69, 9.17) is 23.5 Å². The average molecular weight is 456 g/mol. The van der Waals surface area contributed by atoms with Gasteiger partial charge in [-0.3, -0.25) is 9.59 Å². The molecule has 174 valence electrons. The summed E-state index contributed by atoms with van der Waals surface area (Å²) >= 11 is 0. The Morgan fingerprint density at radius 1 is 0.788 bits per heavy atom. The molecule has 11 heteroatoms. The molecule has 0 fully saturated rings. The van der Waals surface area contributed by atoms with Crippen LogP contribution >= 0.6 is 0 Å². The van der Waals surface area contributed by atoms with E-state index < -0.39 is 5.91 Å². The number of rotatable bonds is 10. The first-order valence-corrected chi connectivity index (χ1v) is 9.85. The van der Waals surface area contributed by atoms with E-state index in [1.807, 2.05) is 0 Å². The summed E-state index contributed by atoms with van der Waals surface area (Å²) in [5.74, 6) is 1.16. The second-order valence-electron chi connectivity index (χ2n) is 6.57. The molecule has 2 N–H and O–H groups in total. The fourth-order valence-electron chi connectivity index (χ4n) is 2.92. The van der Waals surface area contributed by atoms with Crippen molar-refractivity contribution in [3.05, 3.63) is 47.9 Å². The van der Waals surface area contributed by atoms with Crippen LogP contribution in [-0.2, 0) is 0 Å². The van der Waals surface area contributed by atoms with Crippen LogP contribution in [0, 0.1) is 0 Å². The topological polar surface area (TPSA) is 134 Å². The molecule has 3 aromatic rings. The summed E-state index contributed by atoms with van der Waals surface area (Å²) in [4.78, 5) is 28.7. The molecular formula is C22H24N4O7. The predicted molar refractivity (Wildman–Crippen MR) is 117 cm³/mol. The maximum absolute atomic E-state index is 12.3. The van der Waals surface area contributed by atoms with Crippen LogP contribution in [0.3, 0.4) is 0 Å². The number of methoxy groups -OCH3 is 4. The Hall–Kier alpha value is -4.28. The van der Waals surface area contributed by atoms with E-state index in [9.17, 15) is 9.59 Å². The van der Waals surface area contributed by atoms with Gasteiger partial charge in [0.2, 0.25) is 5.82 Å². The van der Waals surface area contributed by atoms with Crippen molar-refractivity contribution in [3.63, 3.8) is 0 Å². The molecule has 0 aliphatic carbocycles. The molecule has 0 spiro atoms. The standard InChI is InChI=1S/C22H24N4O7/c1-29-15-7-5-13(11-17(15)31-3)19-25-22(33-26-19)21(28)24-10-9-23-20(27)14-6-8-16(30-2)18(12-14)32-4/h5-8,11-12H,9-10H2,1-4H3,(H,23,27)(H,24,28). The van der Waals surface area contributed by atoms with Gasteiger partial charge in [-0.25, -0.2) is 0 Å². The Kier molecular flexibility index (Phi) is 7.68. The number of nitrogens with one attached hydrogen (secondary N) is 2. The molecule has 3 rings (SSSR count). The fraction of sp³-hybridized carbons (Fsp3) is 0.273. The third-order valence-corrected chi connectivity index (χ3v) is 4.60. The quantitative estimate of drug-likeness (QED) is 0.439. The van der Waals surface area contributed by atoms with Crippen molar-refractivity contribution < 1.29 is 33.1 Å². The van der Waals surface area contributed by atoms with Crippen LogP contribution in [0.25, 0.3) is 11.4 Å². The molecule has 2 amide bonds. The number of hydrogen-bond donors (Lipinski definition) is 2. The van der Waals surface area contributed by atoms with Gasteiger partial charge in [0.25, 0.3) is 5.91 Å². The number of hydrogen-bond acceptors (Lipinski definition) is 9. The largest absolute Gasteiger partial charge is 0.493 e. The maximum Gasteiger partial charge on any atom is 0.316 e. The van der Waals surface area contributed by atoms with E-state index in [0.717, 1.165) is 0 Å².